The highest BCUT2D eigenvalue weighted by atomic mass is 32.1. The molecule has 3 saturated heterocycles. The summed E-state index contributed by atoms with van der Waals surface area (Å²) in [5, 5.41) is 3.15. The third kappa shape index (κ3) is 3.23. The van der Waals surface area contributed by atoms with Crippen molar-refractivity contribution in [1.29, 1.82) is 0 Å². The molecule has 4 heteroatoms. The van der Waals surface area contributed by atoms with Crippen molar-refractivity contribution in [2.24, 2.45) is 11.8 Å². The predicted octanol–water partition coefficient (Wildman–Crippen LogP) is 2.66. The zero-order valence-corrected chi connectivity index (χ0v) is 13.2. The van der Waals surface area contributed by atoms with Crippen LogP contribution in [0.1, 0.15) is 36.4 Å². The Balaban J connectivity index is 1.63. The molecule has 4 heterocycles. The summed E-state index contributed by atoms with van der Waals surface area (Å²) in [6.07, 6.45) is 3.39. The molecule has 1 aromatic heterocycles. The standard InChI is InChI=1S/C16H24N2OS/c1-11(2)7-14-5-6-15(20-14)10-18-8-12-3-4-13(9-18)17-16(12)19/h5-6,11-13H,3-4,7-10H2,1-2H3,(H,17,19)/t12-,13+/m1/s1. The maximum Gasteiger partial charge on any atom is 0.224 e. The summed E-state index contributed by atoms with van der Waals surface area (Å²) < 4.78 is 0. The fourth-order valence-corrected chi connectivity index (χ4v) is 4.58. The van der Waals surface area contributed by atoms with Gasteiger partial charge in [-0.05, 0) is 37.3 Å². The molecule has 3 fully saturated rings. The molecule has 1 amide bonds. The van der Waals surface area contributed by atoms with Crippen LogP contribution in [0.3, 0.4) is 0 Å². The van der Waals surface area contributed by atoms with E-state index in [0.29, 0.717) is 6.04 Å². The van der Waals surface area contributed by atoms with Gasteiger partial charge in [0.25, 0.3) is 0 Å². The minimum atomic E-state index is 0.212. The Bertz CT molecular complexity index is 483. The van der Waals surface area contributed by atoms with Gasteiger partial charge in [-0.3, -0.25) is 9.69 Å². The molecule has 0 aliphatic carbocycles. The number of nitrogens with one attached hydrogen (secondary N) is 1. The fourth-order valence-electron chi connectivity index (χ4n) is 3.30. The lowest BCUT2D eigenvalue weighted by Gasteiger charge is -2.23. The number of fused-ring (bicyclic) bond motifs is 4. The summed E-state index contributed by atoms with van der Waals surface area (Å²) >= 11 is 1.94. The number of rotatable bonds is 4. The maximum absolute atomic E-state index is 11.9. The highest BCUT2D eigenvalue weighted by molar-refractivity contribution is 7.11. The van der Waals surface area contributed by atoms with Gasteiger partial charge in [0.05, 0.1) is 5.92 Å². The van der Waals surface area contributed by atoms with Gasteiger partial charge >= 0.3 is 0 Å². The quantitative estimate of drug-likeness (QED) is 0.925. The van der Waals surface area contributed by atoms with Gasteiger partial charge in [0.15, 0.2) is 0 Å². The number of carbonyl (C=O) groups excluding carboxylic acids is 1. The minimum Gasteiger partial charge on any atom is -0.352 e. The molecule has 110 valence electrons. The van der Waals surface area contributed by atoms with Crippen LogP contribution in [0.2, 0.25) is 0 Å². The molecule has 1 aromatic rings. The van der Waals surface area contributed by atoms with Crippen molar-refractivity contribution in [1.82, 2.24) is 10.2 Å². The van der Waals surface area contributed by atoms with Gasteiger partial charge in [-0.15, -0.1) is 11.3 Å². The Morgan fingerprint density at radius 3 is 2.85 bits per heavy atom. The van der Waals surface area contributed by atoms with Crippen LogP contribution in [0.25, 0.3) is 0 Å². The van der Waals surface area contributed by atoms with Gasteiger partial charge in [0, 0.05) is 35.4 Å². The fraction of sp³-hybridized carbons (Fsp3) is 0.688. The van der Waals surface area contributed by atoms with Crippen LogP contribution >= 0.6 is 11.3 Å². The van der Waals surface area contributed by atoms with Gasteiger partial charge in [0.2, 0.25) is 5.91 Å². The lowest BCUT2D eigenvalue weighted by molar-refractivity contribution is -0.126. The topological polar surface area (TPSA) is 32.3 Å². The second-order valence-corrected chi connectivity index (χ2v) is 7.89. The summed E-state index contributed by atoms with van der Waals surface area (Å²) in [5.74, 6) is 1.21. The van der Waals surface area contributed by atoms with Crippen molar-refractivity contribution in [2.75, 3.05) is 13.1 Å². The van der Waals surface area contributed by atoms with Crippen molar-refractivity contribution in [3.8, 4) is 0 Å². The smallest absolute Gasteiger partial charge is 0.224 e. The van der Waals surface area contributed by atoms with E-state index in [-0.39, 0.29) is 11.8 Å². The molecule has 2 bridgehead atoms. The van der Waals surface area contributed by atoms with Crippen LogP contribution in [0.5, 0.6) is 0 Å². The highest BCUT2D eigenvalue weighted by Crippen LogP contribution is 2.26. The first-order valence-electron chi connectivity index (χ1n) is 7.70. The molecule has 0 aromatic carbocycles. The first-order valence-corrected chi connectivity index (χ1v) is 8.52. The van der Waals surface area contributed by atoms with E-state index in [2.05, 4.69) is 36.2 Å². The number of hydrogen-bond donors (Lipinski definition) is 1. The van der Waals surface area contributed by atoms with E-state index in [9.17, 15) is 4.79 Å². The van der Waals surface area contributed by atoms with Crippen molar-refractivity contribution >= 4 is 17.2 Å². The van der Waals surface area contributed by atoms with E-state index in [1.165, 1.54) is 16.2 Å². The summed E-state index contributed by atoms with van der Waals surface area (Å²) in [4.78, 5) is 17.3. The van der Waals surface area contributed by atoms with Crippen LogP contribution in [0, 0.1) is 11.8 Å². The predicted molar refractivity (Wildman–Crippen MR) is 82.8 cm³/mol. The molecule has 0 radical (unpaired) electrons. The van der Waals surface area contributed by atoms with Crippen molar-refractivity contribution in [3.63, 3.8) is 0 Å². The second-order valence-electron chi connectivity index (χ2n) is 6.64. The molecule has 3 nitrogen and oxygen atoms in total. The normalized spacial score (nSPS) is 26.9. The van der Waals surface area contributed by atoms with E-state index < -0.39 is 0 Å². The zero-order valence-electron chi connectivity index (χ0n) is 12.4. The van der Waals surface area contributed by atoms with E-state index in [1.54, 1.807) is 0 Å². The Hall–Kier alpha value is -0.870. The number of hydrogen-bond acceptors (Lipinski definition) is 3. The van der Waals surface area contributed by atoms with E-state index in [4.69, 9.17) is 0 Å². The molecule has 3 aliphatic rings. The molecule has 4 rings (SSSR count). The molecule has 2 atom stereocenters. The SMILES string of the molecule is CC(C)Cc1ccc(CN2C[C@@H]3CC[C@H](C2)C(=O)N3)s1. The number of thiophene rings is 1. The minimum absolute atomic E-state index is 0.212. The van der Waals surface area contributed by atoms with Gasteiger partial charge in [-0.2, -0.15) is 0 Å². The molecule has 0 saturated carbocycles. The summed E-state index contributed by atoms with van der Waals surface area (Å²) in [6.45, 7) is 7.48. The first-order chi connectivity index (χ1) is 9.60. The largest absolute Gasteiger partial charge is 0.352 e. The third-order valence-electron chi connectivity index (χ3n) is 4.24. The van der Waals surface area contributed by atoms with Crippen LogP contribution in [0.4, 0.5) is 0 Å². The number of nitrogens with zero attached hydrogens (tertiary/aromatic N) is 1. The van der Waals surface area contributed by atoms with Crippen LogP contribution in [0.15, 0.2) is 12.1 Å². The third-order valence-corrected chi connectivity index (χ3v) is 5.34. The molecule has 20 heavy (non-hydrogen) atoms. The zero-order chi connectivity index (χ0) is 14.1. The monoisotopic (exact) mass is 292 g/mol. The van der Waals surface area contributed by atoms with Crippen LogP contribution in [-0.2, 0) is 17.8 Å². The average molecular weight is 292 g/mol. The second kappa shape index (κ2) is 5.86. The van der Waals surface area contributed by atoms with E-state index in [1.807, 2.05) is 11.3 Å². The Morgan fingerprint density at radius 2 is 2.10 bits per heavy atom. The van der Waals surface area contributed by atoms with Gasteiger partial charge in [0.1, 0.15) is 0 Å². The summed E-state index contributed by atoms with van der Waals surface area (Å²) in [6, 6.07) is 4.91. The molecule has 0 unspecified atom stereocenters. The molecule has 0 spiro atoms. The molecular formula is C16H24N2OS. The molecular weight excluding hydrogens is 268 g/mol. The van der Waals surface area contributed by atoms with Gasteiger partial charge < -0.3 is 5.32 Å². The Kier molecular flexibility index (Phi) is 4.13. The highest BCUT2D eigenvalue weighted by Gasteiger charge is 2.34. The van der Waals surface area contributed by atoms with Crippen molar-refractivity contribution < 1.29 is 4.79 Å². The van der Waals surface area contributed by atoms with Crippen LogP contribution in [-0.4, -0.2) is 29.9 Å². The Morgan fingerprint density at radius 1 is 1.30 bits per heavy atom. The molecule has 3 aliphatic heterocycles. The summed E-state index contributed by atoms with van der Waals surface area (Å²) in [5.41, 5.74) is 0. The van der Waals surface area contributed by atoms with Crippen molar-refractivity contribution in [2.45, 2.75) is 45.7 Å². The number of amides is 1. The van der Waals surface area contributed by atoms with Crippen LogP contribution < -0.4 is 5.32 Å². The van der Waals surface area contributed by atoms with Crippen molar-refractivity contribution in [3.05, 3.63) is 21.9 Å². The van der Waals surface area contributed by atoms with E-state index >= 15 is 0 Å². The number of piperidine rings is 1. The Labute approximate surface area is 125 Å². The lowest BCUT2D eigenvalue weighted by atomic mass is 9.96. The van der Waals surface area contributed by atoms with E-state index in [0.717, 1.165) is 38.4 Å². The average Bonchev–Trinajstić information content (AvgIpc) is 2.62. The van der Waals surface area contributed by atoms with Gasteiger partial charge in [-0.25, -0.2) is 0 Å². The lowest BCUT2D eigenvalue weighted by Crippen LogP contribution is -2.43. The first kappa shape index (κ1) is 14.1. The van der Waals surface area contributed by atoms with Gasteiger partial charge in [-0.1, -0.05) is 13.8 Å². The maximum atomic E-state index is 11.9. The molecule has 1 N–H and O–H groups in total. The summed E-state index contributed by atoms with van der Waals surface area (Å²) in [7, 11) is 0. The number of carbonyl (C=O) groups is 1.